The van der Waals surface area contributed by atoms with Crippen molar-refractivity contribution in [2.45, 2.75) is 0 Å². The molecule has 8 heteroatoms. The Bertz CT molecular complexity index is 781. The number of hydrogen-bond acceptors (Lipinski definition) is 5. The molecule has 2 aromatic rings. The fraction of sp³-hybridized carbons (Fsp3) is 0.176. The molecule has 0 unspecified atom stereocenters. The predicted octanol–water partition coefficient (Wildman–Crippen LogP) is 2.97. The number of anilines is 1. The van der Waals surface area contributed by atoms with Crippen molar-refractivity contribution in [2.24, 2.45) is 5.16 Å². The van der Waals surface area contributed by atoms with Crippen LogP contribution in [0.4, 0.5) is 14.5 Å². The zero-order valence-electron chi connectivity index (χ0n) is 13.6. The number of nitrogens with one attached hydrogen (secondary N) is 1. The lowest BCUT2D eigenvalue weighted by atomic mass is 10.2. The number of rotatable bonds is 7. The Morgan fingerprint density at radius 3 is 2.60 bits per heavy atom. The number of carbonyl (C=O) groups excluding carboxylic acids is 1. The van der Waals surface area contributed by atoms with Gasteiger partial charge >= 0.3 is 0 Å². The predicted molar refractivity (Wildman–Crippen MR) is 88.1 cm³/mol. The number of hydrogen-bond donors (Lipinski definition) is 1. The van der Waals surface area contributed by atoms with Gasteiger partial charge in [0.1, 0.15) is 11.5 Å². The summed E-state index contributed by atoms with van der Waals surface area (Å²) in [5, 5.41) is 6.04. The molecule has 2 aromatic carbocycles. The van der Waals surface area contributed by atoms with Gasteiger partial charge in [-0.2, -0.15) is 0 Å². The number of oxime groups is 1. The second-order valence-electron chi connectivity index (χ2n) is 4.79. The molecule has 1 amide bonds. The number of amides is 1. The van der Waals surface area contributed by atoms with Crippen LogP contribution in [0.25, 0.3) is 0 Å². The summed E-state index contributed by atoms with van der Waals surface area (Å²) in [6.45, 7) is -0.401. The fourth-order valence-corrected chi connectivity index (χ4v) is 1.90. The number of ether oxygens (including phenoxy) is 2. The quantitative estimate of drug-likeness (QED) is 0.616. The molecular formula is C17H16F2N2O4. The van der Waals surface area contributed by atoms with Gasteiger partial charge in [0, 0.05) is 17.3 Å². The van der Waals surface area contributed by atoms with Crippen molar-refractivity contribution in [3.63, 3.8) is 0 Å². The van der Waals surface area contributed by atoms with E-state index in [1.54, 1.807) is 18.2 Å². The van der Waals surface area contributed by atoms with Crippen LogP contribution in [-0.4, -0.2) is 32.9 Å². The molecule has 2 rings (SSSR count). The molecule has 0 aliphatic carbocycles. The summed E-state index contributed by atoms with van der Waals surface area (Å²) < 4.78 is 36.1. The molecule has 132 valence electrons. The summed E-state index contributed by atoms with van der Waals surface area (Å²) in [4.78, 5) is 16.6. The number of halogens is 2. The fourth-order valence-electron chi connectivity index (χ4n) is 1.90. The minimum absolute atomic E-state index is 0.117. The number of carbonyl (C=O) groups is 1. The molecule has 0 aromatic heterocycles. The topological polar surface area (TPSA) is 69.1 Å². The zero-order valence-corrected chi connectivity index (χ0v) is 13.6. The van der Waals surface area contributed by atoms with Crippen LogP contribution in [0, 0.1) is 11.6 Å². The van der Waals surface area contributed by atoms with Crippen LogP contribution in [0.2, 0.25) is 0 Å². The number of benzene rings is 2. The van der Waals surface area contributed by atoms with E-state index < -0.39 is 24.1 Å². The van der Waals surface area contributed by atoms with E-state index in [-0.39, 0.29) is 5.69 Å². The van der Waals surface area contributed by atoms with E-state index in [0.717, 1.165) is 12.1 Å². The van der Waals surface area contributed by atoms with Gasteiger partial charge in [0.15, 0.2) is 18.2 Å². The Labute approximate surface area is 143 Å². The third-order valence-corrected chi connectivity index (χ3v) is 3.10. The molecular weight excluding hydrogens is 334 g/mol. The monoisotopic (exact) mass is 350 g/mol. The average Bonchev–Trinajstić information content (AvgIpc) is 2.61. The molecule has 0 bridgehead atoms. The molecule has 25 heavy (non-hydrogen) atoms. The maximum Gasteiger partial charge on any atom is 0.265 e. The van der Waals surface area contributed by atoms with E-state index in [1.807, 2.05) is 0 Å². The third-order valence-electron chi connectivity index (χ3n) is 3.10. The Morgan fingerprint density at radius 1 is 1.12 bits per heavy atom. The minimum Gasteiger partial charge on any atom is -0.497 e. The van der Waals surface area contributed by atoms with Crippen molar-refractivity contribution in [3.8, 4) is 11.5 Å². The van der Waals surface area contributed by atoms with Crippen molar-refractivity contribution < 1.29 is 27.9 Å². The SMILES string of the molecule is COc1ccc(OC)c(/C=N\OCC(=O)Nc2ccc(F)c(F)c2)c1. The Balaban J connectivity index is 1.90. The Hall–Kier alpha value is -3.16. The highest BCUT2D eigenvalue weighted by molar-refractivity contribution is 5.91. The molecule has 1 N–H and O–H groups in total. The first kappa shape index (κ1) is 18.2. The van der Waals surface area contributed by atoms with Gasteiger partial charge in [0.2, 0.25) is 0 Å². The first-order chi connectivity index (χ1) is 12.0. The van der Waals surface area contributed by atoms with E-state index in [2.05, 4.69) is 10.5 Å². The lowest BCUT2D eigenvalue weighted by Crippen LogP contribution is -2.17. The highest BCUT2D eigenvalue weighted by atomic mass is 19.2. The van der Waals surface area contributed by atoms with Crippen LogP contribution in [0.1, 0.15) is 5.56 Å². The highest BCUT2D eigenvalue weighted by Gasteiger charge is 2.07. The Kier molecular flexibility index (Phi) is 6.27. The second kappa shape index (κ2) is 8.62. The van der Waals surface area contributed by atoms with Crippen LogP contribution < -0.4 is 14.8 Å². The largest absolute Gasteiger partial charge is 0.497 e. The normalized spacial score (nSPS) is 10.6. The van der Waals surface area contributed by atoms with Crippen molar-refractivity contribution in [3.05, 3.63) is 53.6 Å². The summed E-state index contributed by atoms with van der Waals surface area (Å²) in [6, 6.07) is 8.15. The van der Waals surface area contributed by atoms with Crippen molar-refractivity contribution in [2.75, 3.05) is 26.1 Å². The lowest BCUT2D eigenvalue weighted by molar-refractivity contribution is -0.120. The number of nitrogens with zero attached hydrogens (tertiary/aromatic N) is 1. The van der Waals surface area contributed by atoms with Gasteiger partial charge < -0.3 is 19.6 Å². The molecule has 0 atom stereocenters. The molecule has 0 aliphatic heterocycles. The van der Waals surface area contributed by atoms with Gasteiger partial charge in [0.25, 0.3) is 5.91 Å². The van der Waals surface area contributed by atoms with Gasteiger partial charge in [-0.1, -0.05) is 5.16 Å². The molecule has 0 saturated heterocycles. The van der Waals surface area contributed by atoms with Crippen molar-refractivity contribution in [1.82, 2.24) is 0 Å². The van der Waals surface area contributed by atoms with Crippen LogP contribution >= 0.6 is 0 Å². The summed E-state index contributed by atoms with van der Waals surface area (Å²) in [7, 11) is 3.04. The molecule has 6 nitrogen and oxygen atoms in total. The highest BCUT2D eigenvalue weighted by Crippen LogP contribution is 2.22. The smallest absolute Gasteiger partial charge is 0.265 e. The lowest BCUT2D eigenvalue weighted by Gasteiger charge is -2.07. The molecule has 0 radical (unpaired) electrons. The molecule has 0 fully saturated rings. The first-order valence-electron chi connectivity index (χ1n) is 7.15. The van der Waals surface area contributed by atoms with E-state index in [1.165, 1.54) is 26.5 Å². The molecule has 0 aliphatic rings. The minimum atomic E-state index is -1.05. The van der Waals surface area contributed by atoms with Gasteiger partial charge in [-0.05, 0) is 30.3 Å². The molecule has 0 spiro atoms. The van der Waals surface area contributed by atoms with Crippen LogP contribution in [0.3, 0.4) is 0 Å². The van der Waals surface area contributed by atoms with Gasteiger partial charge in [-0.15, -0.1) is 0 Å². The third kappa shape index (κ3) is 5.17. The van der Waals surface area contributed by atoms with Crippen molar-refractivity contribution >= 4 is 17.8 Å². The van der Waals surface area contributed by atoms with E-state index in [4.69, 9.17) is 14.3 Å². The standard InChI is InChI=1S/C17H16F2N2O4/c1-23-13-4-6-16(24-2)11(7-13)9-20-25-10-17(22)21-12-3-5-14(18)15(19)8-12/h3-9H,10H2,1-2H3,(H,21,22)/b20-9-. The van der Waals surface area contributed by atoms with E-state index >= 15 is 0 Å². The van der Waals surface area contributed by atoms with Gasteiger partial charge in [-0.3, -0.25) is 4.79 Å². The van der Waals surface area contributed by atoms with Crippen LogP contribution in [-0.2, 0) is 9.63 Å². The summed E-state index contributed by atoms with van der Waals surface area (Å²) in [6.07, 6.45) is 1.37. The summed E-state index contributed by atoms with van der Waals surface area (Å²) >= 11 is 0. The molecule has 0 saturated carbocycles. The van der Waals surface area contributed by atoms with Gasteiger partial charge in [0.05, 0.1) is 20.4 Å². The van der Waals surface area contributed by atoms with Gasteiger partial charge in [-0.25, -0.2) is 8.78 Å². The van der Waals surface area contributed by atoms with Crippen LogP contribution in [0.5, 0.6) is 11.5 Å². The average molecular weight is 350 g/mol. The van der Waals surface area contributed by atoms with Crippen LogP contribution in [0.15, 0.2) is 41.6 Å². The zero-order chi connectivity index (χ0) is 18.2. The van der Waals surface area contributed by atoms with E-state index in [0.29, 0.717) is 17.1 Å². The first-order valence-corrected chi connectivity index (χ1v) is 7.15. The second-order valence-corrected chi connectivity index (χ2v) is 4.79. The molecule has 0 heterocycles. The van der Waals surface area contributed by atoms with E-state index in [9.17, 15) is 13.6 Å². The maximum atomic E-state index is 13.1. The number of methoxy groups -OCH3 is 2. The maximum absolute atomic E-state index is 13.1. The summed E-state index contributed by atoms with van der Waals surface area (Å²) in [5.74, 6) is -1.45. The Morgan fingerprint density at radius 2 is 1.92 bits per heavy atom. The summed E-state index contributed by atoms with van der Waals surface area (Å²) in [5.41, 5.74) is 0.716. The van der Waals surface area contributed by atoms with Crippen molar-refractivity contribution in [1.29, 1.82) is 0 Å².